The first-order chi connectivity index (χ1) is 8.61. The zero-order chi connectivity index (χ0) is 13.1. The standard InChI is InChI=1S/C13H15Cl2NO2/c1-18-12-10(6-8(14)7-11(12)15)13(17)16-9-4-2-3-5-9/h6-7,9H,2-5H2,1H3,(H,16,17). The van der Waals surface area contributed by atoms with Crippen molar-refractivity contribution in [3.63, 3.8) is 0 Å². The maximum absolute atomic E-state index is 12.2. The summed E-state index contributed by atoms with van der Waals surface area (Å²) in [6, 6.07) is 3.39. The van der Waals surface area contributed by atoms with Crippen LogP contribution in [-0.2, 0) is 0 Å². The van der Waals surface area contributed by atoms with Gasteiger partial charge >= 0.3 is 0 Å². The van der Waals surface area contributed by atoms with E-state index in [9.17, 15) is 4.79 Å². The van der Waals surface area contributed by atoms with Crippen LogP contribution in [0.15, 0.2) is 12.1 Å². The SMILES string of the molecule is COc1c(Cl)cc(Cl)cc1C(=O)NC1CCCC1. The minimum atomic E-state index is -0.178. The van der Waals surface area contributed by atoms with Gasteiger partial charge in [0, 0.05) is 11.1 Å². The van der Waals surface area contributed by atoms with Crippen molar-refractivity contribution in [3.8, 4) is 5.75 Å². The van der Waals surface area contributed by atoms with E-state index in [1.54, 1.807) is 12.1 Å². The van der Waals surface area contributed by atoms with Crippen LogP contribution in [0.2, 0.25) is 10.0 Å². The number of hydrogen-bond donors (Lipinski definition) is 1. The first kappa shape index (κ1) is 13.5. The quantitative estimate of drug-likeness (QED) is 0.921. The number of carbonyl (C=O) groups is 1. The molecule has 0 aliphatic heterocycles. The Kier molecular flexibility index (Phi) is 4.36. The largest absolute Gasteiger partial charge is 0.494 e. The van der Waals surface area contributed by atoms with Gasteiger partial charge in [0.05, 0.1) is 17.7 Å². The van der Waals surface area contributed by atoms with Crippen molar-refractivity contribution in [1.82, 2.24) is 5.32 Å². The number of rotatable bonds is 3. The monoisotopic (exact) mass is 287 g/mol. The van der Waals surface area contributed by atoms with E-state index in [-0.39, 0.29) is 11.9 Å². The summed E-state index contributed by atoms with van der Waals surface area (Å²) in [5, 5.41) is 3.76. The lowest BCUT2D eigenvalue weighted by atomic mass is 10.1. The Hall–Kier alpha value is -0.930. The van der Waals surface area contributed by atoms with Crippen LogP contribution in [0.5, 0.6) is 5.75 Å². The van der Waals surface area contributed by atoms with Gasteiger partial charge in [0.2, 0.25) is 0 Å². The average molecular weight is 288 g/mol. The van der Waals surface area contributed by atoms with Crippen molar-refractivity contribution in [2.45, 2.75) is 31.7 Å². The summed E-state index contributed by atoms with van der Waals surface area (Å²) in [6.45, 7) is 0. The van der Waals surface area contributed by atoms with Gasteiger partial charge in [0.25, 0.3) is 5.91 Å². The summed E-state index contributed by atoms with van der Waals surface area (Å²) in [5.74, 6) is 0.194. The third-order valence-corrected chi connectivity index (χ3v) is 3.65. The molecule has 0 spiro atoms. The minimum Gasteiger partial charge on any atom is -0.494 e. The molecule has 2 rings (SSSR count). The molecule has 1 aliphatic rings. The Labute approximate surface area is 116 Å². The molecule has 1 saturated carbocycles. The summed E-state index contributed by atoms with van der Waals surface area (Å²) in [4.78, 5) is 12.2. The second-order valence-electron chi connectivity index (χ2n) is 4.42. The van der Waals surface area contributed by atoms with Crippen LogP contribution < -0.4 is 10.1 Å². The van der Waals surface area contributed by atoms with Crippen LogP contribution in [0.25, 0.3) is 0 Å². The molecule has 98 valence electrons. The average Bonchev–Trinajstić information content (AvgIpc) is 2.80. The molecule has 0 bridgehead atoms. The molecule has 1 aromatic carbocycles. The Morgan fingerprint density at radius 2 is 2.00 bits per heavy atom. The summed E-state index contributed by atoms with van der Waals surface area (Å²) in [6.07, 6.45) is 4.39. The summed E-state index contributed by atoms with van der Waals surface area (Å²) >= 11 is 11.9. The number of amides is 1. The molecule has 1 aliphatic carbocycles. The van der Waals surface area contributed by atoms with E-state index in [1.165, 1.54) is 20.0 Å². The van der Waals surface area contributed by atoms with E-state index in [1.807, 2.05) is 0 Å². The summed E-state index contributed by atoms with van der Waals surface area (Å²) in [7, 11) is 1.49. The molecule has 1 fully saturated rings. The van der Waals surface area contributed by atoms with E-state index < -0.39 is 0 Å². The van der Waals surface area contributed by atoms with Gasteiger partial charge in [0.15, 0.2) is 0 Å². The molecule has 0 heterocycles. The molecular weight excluding hydrogens is 273 g/mol. The van der Waals surface area contributed by atoms with Crippen molar-refractivity contribution >= 4 is 29.1 Å². The number of ether oxygens (including phenoxy) is 1. The third-order valence-electron chi connectivity index (χ3n) is 3.15. The highest BCUT2D eigenvalue weighted by molar-refractivity contribution is 6.36. The topological polar surface area (TPSA) is 38.3 Å². The Morgan fingerprint density at radius 3 is 2.61 bits per heavy atom. The van der Waals surface area contributed by atoms with Crippen molar-refractivity contribution < 1.29 is 9.53 Å². The van der Waals surface area contributed by atoms with Crippen LogP contribution in [0.1, 0.15) is 36.0 Å². The first-order valence-electron chi connectivity index (χ1n) is 5.95. The Bertz CT molecular complexity index is 457. The minimum absolute atomic E-state index is 0.178. The lowest BCUT2D eigenvalue weighted by molar-refractivity contribution is 0.0935. The third kappa shape index (κ3) is 2.90. The fourth-order valence-electron chi connectivity index (χ4n) is 2.27. The molecule has 1 N–H and O–H groups in total. The van der Waals surface area contributed by atoms with Crippen LogP contribution in [0.3, 0.4) is 0 Å². The van der Waals surface area contributed by atoms with Gasteiger partial charge in [-0.2, -0.15) is 0 Å². The van der Waals surface area contributed by atoms with Gasteiger partial charge in [-0.3, -0.25) is 4.79 Å². The maximum Gasteiger partial charge on any atom is 0.255 e. The number of benzene rings is 1. The number of nitrogens with one attached hydrogen (secondary N) is 1. The highest BCUT2D eigenvalue weighted by atomic mass is 35.5. The van der Waals surface area contributed by atoms with E-state index in [2.05, 4.69) is 5.32 Å². The molecule has 1 aromatic rings. The van der Waals surface area contributed by atoms with E-state index in [0.29, 0.717) is 21.4 Å². The number of methoxy groups -OCH3 is 1. The van der Waals surface area contributed by atoms with Gasteiger partial charge in [-0.05, 0) is 25.0 Å². The Morgan fingerprint density at radius 1 is 1.33 bits per heavy atom. The van der Waals surface area contributed by atoms with Gasteiger partial charge in [-0.25, -0.2) is 0 Å². The molecule has 0 saturated heterocycles. The Balaban J connectivity index is 2.22. The van der Waals surface area contributed by atoms with Gasteiger partial charge in [0.1, 0.15) is 5.75 Å². The zero-order valence-corrected chi connectivity index (χ0v) is 11.6. The second-order valence-corrected chi connectivity index (χ2v) is 5.27. The fraction of sp³-hybridized carbons (Fsp3) is 0.462. The molecule has 0 unspecified atom stereocenters. The van der Waals surface area contributed by atoms with Gasteiger partial charge in [-0.15, -0.1) is 0 Å². The van der Waals surface area contributed by atoms with Crippen molar-refractivity contribution in [3.05, 3.63) is 27.7 Å². The lowest BCUT2D eigenvalue weighted by Crippen LogP contribution is -2.32. The second kappa shape index (κ2) is 5.81. The van der Waals surface area contributed by atoms with Crippen LogP contribution in [0, 0.1) is 0 Å². The summed E-state index contributed by atoms with van der Waals surface area (Å²) < 4.78 is 5.17. The molecule has 0 atom stereocenters. The van der Waals surface area contributed by atoms with Gasteiger partial charge in [-0.1, -0.05) is 36.0 Å². The molecule has 0 aromatic heterocycles. The molecule has 5 heteroatoms. The van der Waals surface area contributed by atoms with Crippen LogP contribution in [-0.4, -0.2) is 19.1 Å². The highest BCUT2D eigenvalue weighted by Gasteiger charge is 2.21. The fourth-order valence-corrected chi connectivity index (χ4v) is 2.84. The summed E-state index contributed by atoms with van der Waals surface area (Å²) in [5.41, 5.74) is 0.391. The van der Waals surface area contributed by atoms with Crippen LogP contribution in [0.4, 0.5) is 0 Å². The molecule has 1 amide bonds. The van der Waals surface area contributed by atoms with Crippen molar-refractivity contribution in [2.24, 2.45) is 0 Å². The zero-order valence-electron chi connectivity index (χ0n) is 10.1. The normalized spacial score (nSPS) is 15.7. The predicted molar refractivity (Wildman–Crippen MR) is 72.7 cm³/mol. The number of hydrogen-bond acceptors (Lipinski definition) is 2. The molecular formula is C13H15Cl2NO2. The number of carbonyl (C=O) groups excluding carboxylic acids is 1. The maximum atomic E-state index is 12.2. The van der Waals surface area contributed by atoms with Gasteiger partial charge < -0.3 is 10.1 Å². The number of halogens is 2. The first-order valence-corrected chi connectivity index (χ1v) is 6.71. The van der Waals surface area contributed by atoms with E-state index in [4.69, 9.17) is 27.9 Å². The van der Waals surface area contributed by atoms with Crippen molar-refractivity contribution in [1.29, 1.82) is 0 Å². The predicted octanol–water partition coefficient (Wildman–Crippen LogP) is 3.67. The van der Waals surface area contributed by atoms with E-state index >= 15 is 0 Å². The van der Waals surface area contributed by atoms with E-state index in [0.717, 1.165) is 12.8 Å². The molecule has 0 radical (unpaired) electrons. The van der Waals surface area contributed by atoms with Crippen molar-refractivity contribution in [2.75, 3.05) is 7.11 Å². The smallest absolute Gasteiger partial charge is 0.255 e. The van der Waals surface area contributed by atoms with Crippen LogP contribution >= 0.6 is 23.2 Å². The molecule has 3 nitrogen and oxygen atoms in total. The molecule has 18 heavy (non-hydrogen) atoms. The lowest BCUT2D eigenvalue weighted by Gasteiger charge is -2.15. The highest BCUT2D eigenvalue weighted by Crippen LogP contribution is 2.32.